The molecule has 0 N–H and O–H groups in total. The molecule has 0 atom stereocenters. The van der Waals surface area contributed by atoms with Gasteiger partial charge in [-0.25, -0.2) is 0 Å². The molecule has 2 heterocycles. The number of likely N-dealkylation sites (tertiary alicyclic amines) is 1. The largest absolute Gasteiger partial charge is 0.297 e. The zero-order chi connectivity index (χ0) is 16.4. The Morgan fingerprint density at radius 1 is 1.35 bits per heavy atom. The van der Waals surface area contributed by atoms with E-state index in [1.165, 1.54) is 17.1 Å². The monoisotopic (exact) mass is 349 g/mol. The zero-order valence-electron chi connectivity index (χ0n) is 13.4. The molecule has 122 valence electrons. The summed E-state index contributed by atoms with van der Waals surface area (Å²) in [5, 5.41) is 4.06. The molecule has 1 aliphatic rings. The van der Waals surface area contributed by atoms with Crippen LogP contribution < -0.4 is 0 Å². The molecule has 0 unspecified atom stereocenters. The van der Waals surface area contributed by atoms with E-state index >= 15 is 0 Å². The van der Waals surface area contributed by atoms with Gasteiger partial charge >= 0.3 is 0 Å². The summed E-state index contributed by atoms with van der Waals surface area (Å²) in [6.45, 7) is 6.59. The molecule has 1 aromatic carbocycles. The number of nitrogens with zero attached hydrogens (tertiary/aromatic N) is 3. The predicted molar refractivity (Wildman–Crippen MR) is 93.2 cm³/mol. The van der Waals surface area contributed by atoms with Crippen molar-refractivity contribution in [3.05, 3.63) is 44.9 Å². The summed E-state index contributed by atoms with van der Waals surface area (Å²) >= 11 is 7.28. The minimum atomic E-state index is 0.122. The van der Waals surface area contributed by atoms with Crippen LogP contribution in [0.1, 0.15) is 40.0 Å². The van der Waals surface area contributed by atoms with E-state index in [0.29, 0.717) is 4.34 Å². The molecule has 0 radical (unpaired) electrons. The third-order valence-electron chi connectivity index (χ3n) is 4.49. The molecular formula is C17H20ClN3OS. The van der Waals surface area contributed by atoms with Crippen LogP contribution in [0.4, 0.5) is 0 Å². The molecule has 4 nitrogen and oxygen atoms in total. The Hall–Kier alpha value is -1.30. The summed E-state index contributed by atoms with van der Waals surface area (Å²) in [4.78, 5) is 15.0. The summed E-state index contributed by atoms with van der Waals surface area (Å²) in [6, 6.07) is 6.08. The van der Waals surface area contributed by atoms with Gasteiger partial charge in [0.1, 0.15) is 10.0 Å². The molecule has 0 spiro atoms. The molecule has 0 saturated carbocycles. The van der Waals surface area contributed by atoms with E-state index in [9.17, 15) is 4.79 Å². The normalized spacial score (nSPS) is 16.7. The van der Waals surface area contributed by atoms with Crippen LogP contribution in [0.2, 0.25) is 4.34 Å². The lowest BCUT2D eigenvalue weighted by atomic mass is 9.87. The first-order valence-electron chi connectivity index (χ1n) is 7.85. The van der Waals surface area contributed by atoms with E-state index in [2.05, 4.69) is 27.5 Å². The fourth-order valence-electron chi connectivity index (χ4n) is 3.17. The number of piperidine rings is 1. The summed E-state index contributed by atoms with van der Waals surface area (Å²) in [5.41, 5.74) is 4.00. The third-order valence-corrected chi connectivity index (χ3v) is 5.47. The second-order valence-corrected chi connectivity index (χ2v) is 7.58. The van der Waals surface area contributed by atoms with Gasteiger partial charge in [0.05, 0.1) is 0 Å². The number of rotatable bonds is 4. The van der Waals surface area contributed by atoms with Crippen molar-refractivity contribution in [3.8, 4) is 0 Å². The van der Waals surface area contributed by atoms with Gasteiger partial charge in [-0.15, -0.1) is 5.10 Å². The molecule has 23 heavy (non-hydrogen) atoms. The lowest BCUT2D eigenvalue weighted by Crippen LogP contribution is -2.36. The average Bonchev–Trinajstić information content (AvgIpc) is 2.93. The van der Waals surface area contributed by atoms with Crippen molar-refractivity contribution < 1.29 is 4.79 Å². The molecule has 6 heteroatoms. The Labute approximate surface area is 145 Å². The van der Waals surface area contributed by atoms with Crippen LogP contribution in [0.3, 0.4) is 0 Å². The van der Waals surface area contributed by atoms with Crippen molar-refractivity contribution >= 4 is 28.9 Å². The Balaban J connectivity index is 1.60. The fraction of sp³-hybridized carbons (Fsp3) is 0.471. The van der Waals surface area contributed by atoms with Crippen molar-refractivity contribution in [2.24, 2.45) is 5.92 Å². The van der Waals surface area contributed by atoms with E-state index in [1.54, 1.807) is 0 Å². The van der Waals surface area contributed by atoms with Crippen LogP contribution in [-0.2, 0) is 6.54 Å². The maximum atomic E-state index is 12.7. The van der Waals surface area contributed by atoms with E-state index < -0.39 is 0 Å². The molecule has 0 bridgehead atoms. The van der Waals surface area contributed by atoms with Crippen LogP contribution in [-0.4, -0.2) is 33.4 Å². The minimum absolute atomic E-state index is 0.122. The third kappa shape index (κ3) is 3.79. The Morgan fingerprint density at radius 2 is 2.09 bits per heavy atom. The second-order valence-electron chi connectivity index (χ2n) is 6.23. The predicted octanol–water partition coefficient (Wildman–Crippen LogP) is 3.90. The molecule has 1 saturated heterocycles. The van der Waals surface area contributed by atoms with Gasteiger partial charge in [0.2, 0.25) is 0 Å². The first-order valence-corrected chi connectivity index (χ1v) is 9.00. The summed E-state index contributed by atoms with van der Waals surface area (Å²) in [7, 11) is 0. The van der Waals surface area contributed by atoms with Crippen molar-refractivity contribution in [3.63, 3.8) is 0 Å². The number of aryl methyl sites for hydroxylation is 2. The highest BCUT2D eigenvalue weighted by atomic mass is 35.5. The van der Waals surface area contributed by atoms with E-state index in [0.717, 1.165) is 49.3 Å². The highest BCUT2D eigenvalue weighted by Gasteiger charge is 2.27. The van der Waals surface area contributed by atoms with E-state index in [4.69, 9.17) is 11.6 Å². The highest BCUT2D eigenvalue weighted by molar-refractivity contribution is 7.10. The molecular weight excluding hydrogens is 330 g/mol. The lowest BCUT2D eigenvalue weighted by molar-refractivity contribution is 0.0833. The van der Waals surface area contributed by atoms with Crippen molar-refractivity contribution in [1.29, 1.82) is 0 Å². The highest BCUT2D eigenvalue weighted by Crippen LogP contribution is 2.26. The van der Waals surface area contributed by atoms with Gasteiger partial charge in [-0.1, -0.05) is 39.9 Å². The first kappa shape index (κ1) is 16.6. The maximum absolute atomic E-state index is 12.7. The molecule has 0 aliphatic carbocycles. The zero-order valence-corrected chi connectivity index (χ0v) is 15.0. The standard InChI is InChI=1S/C17H20ClN3OS/c1-11-3-4-14(12(2)9-11)16(22)13-5-7-21(8-6-13)10-15-17(18)23-20-19-15/h3-4,9,13H,5-8,10H2,1-2H3. The van der Waals surface area contributed by atoms with Gasteiger partial charge in [0, 0.05) is 29.6 Å². The Bertz CT molecular complexity index is 708. The fourth-order valence-corrected chi connectivity index (χ4v) is 3.78. The molecule has 1 aromatic heterocycles. The SMILES string of the molecule is Cc1ccc(C(=O)C2CCN(Cc3nnsc3Cl)CC2)c(C)c1. The number of hydrogen-bond acceptors (Lipinski definition) is 5. The number of ketones is 1. The van der Waals surface area contributed by atoms with Crippen LogP contribution in [0.25, 0.3) is 0 Å². The molecule has 0 amide bonds. The number of hydrogen-bond donors (Lipinski definition) is 0. The van der Waals surface area contributed by atoms with Gasteiger partial charge in [-0.2, -0.15) is 0 Å². The number of halogens is 1. The van der Waals surface area contributed by atoms with Gasteiger partial charge in [-0.05, 0) is 45.3 Å². The lowest BCUT2D eigenvalue weighted by Gasteiger charge is -2.30. The van der Waals surface area contributed by atoms with Crippen molar-refractivity contribution in [1.82, 2.24) is 14.5 Å². The smallest absolute Gasteiger partial charge is 0.166 e. The van der Waals surface area contributed by atoms with Crippen molar-refractivity contribution in [2.75, 3.05) is 13.1 Å². The maximum Gasteiger partial charge on any atom is 0.166 e. The summed E-state index contributed by atoms with van der Waals surface area (Å²) < 4.78 is 4.53. The molecule has 2 aromatic rings. The number of carbonyl (C=O) groups excluding carboxylic acids is 1. The Kier molecular flexibility index (Phi) is 5.09. The van der Waals surface area contributed by atoms with Crippen LogP contribution in [0.15, 0.2) is 18.2 Å². The van der Waals surface area contributed by atoms with Crippen LogP contribution in [0.5, 0.6) is 0 Å². The number of benzene rings is 1. The van der Waals surface area contributed by atoms with E-state index in [1.807, 2.05) is 19.1 Å². The number of Topliss-reactive ketones (excluding diaryl/α,β-unsaturated/α-hetero) is 1. The number of carbonyl (C=O) groups is 1. The molecule has 1 aliphatic heterocycles. The van der Waals surface area contributed by atoms with Crippen molar-refractivity contribution in [2.45, 2.75) is 33.2 Å². The first-order chi connectivity index (χ1) is 11.0. The quantitative estimate of drug-likeness (QED) is 0.785. The molecule has 1 fully saturated rings. The number of aromatic nitrogens is 2. The van der Waals surface area contributed by atoms with Gasteiger partial charge in [-0.3, -0.25) is 9.69 Å². The Morgan fingerprint density at radius 3 is 2.70 bits per heavy atom. The summed E-state index contributed by atoms with van der Waals surface area (Å²) in [5.74, 6) is 0.409. The second kappa shape index (κ2) is 7.07. The van der Waals surface area contributed by atoms with E-state index in [-0.39, 0.29) is 11.7 Å². The average molecular weight is 350 g/mol. The van der Waals surface area contributed by atoms with Crippen LogP contribution in [0, 0.1) is 19.8 Å². The van der Waals surface area contributed by atoms with Gasteiger partial charge < -0.3 is 0 Å². The molecule has 3 rings (SSSR count). The van der Waals surface area contributed by atoms with Gasteiger partial charge in [0.25, 0.3) is 0 Å². The van der Waals surface area contributed by atoms with Gasteiger partial charge in [0.15, 0.2) is 5.78 Å². The summed E-state index contributed by atoms with van der Waals surface area (Å²) in [6.07, 6.45) is 1.78. The minimum Gasteiger partial charge on any atom is -0.297 e. The van der Waals surface area contributed by atoms with Crippen LogP contribution >= 0.6 is 23.1 Å². The topological polar surface area (TPSA) is 46.1 Å².